The fourth-order valence-corrected chi connectivity index (χ4v) is 2.45. The number of hydrogen-bond donors (Lipinski definition) is 3. The van der Waals surface area contributed by atoms with Gasteiger partial charge in [-0.15, -0.1) is 0 Å². The van der Waals surface area contributed by atoms with Crippen LogP contribution in [0.3, 0.4) is 0 Å². The average molecular weight is 404 g/mol. The van der Waals surface area contributed by atoms with Crippen molar-refractivity contribution in [1.29, 1.82) is 0 Å². The van der Waals surface area contributed by atoms with Crippen LogP contribution in [0.4, 0.5) is 4.79 Å². The van der Waals surface area contributed by atoms with Gasteiger partial charge in [0, 0.05) is 11.0 Å². The number of amides is 1. The predicted molar refractivity (Wildman–Crippen MR) is 90.7 cm³/mol. The average Bonchev–Trinajstić information content (AvgIpc) is 2.49. The fourth-order valence-electron chi connectivity index (χ4n) is 1.83. The summed E-state index contributed by atoms with van der Waals surface area (Å²) in [4.78, 5) is 23.0. The standard InChI is InChI=1S/C16H22BrNO6/c1-16(2,3)24-15(22)18-8-12(19)13(20)10-6-5-9(7-11(10)17)14(21)23-4/h5-7,12-13,19-20H,8H2,1-4H3,(H,18,22). The van der Waals surface area contributed by atoms with Gasteiger partial charge in [0.25, 0.3) is 0 Å². The van der Waals surface area contributed by atoms with Gasteiger partial charge in [0.2, 0.25) is 0 Å². The lowest BCUT2D eigenvalue weighted by Crippen LogP contribution is -2.38. The lowest BCUT2D eigenvalue weighted by Gasteiger charge is -2.22. The van der Waals surface area contributed by atoms with Crippen LogP contribution >= 0.6 is 15.9 Å². The molecule has 0 aromatic heterocycles. The lowest BCUT2D eigenvalue weighted by molar-refractivity contribution is 0.0125. The van der Waals surface area contributed by atoms with Crippen molar-refractivity contribution in [2.45, 2.75) is 38.6 Å². The number of ether oxygens (including phenoxy) is 2. The predicted octanol–water partition coefficient (Wildman–Crippen LogP) is 2.15. The third-order valence-corrected chi connectivity index (χ3v) is 3.65. The number of alkyl carbamates (subject to hydrolysis) is 1. The molecule has 1 rings (SSSR count). The summed E-state index contributed by atoms with van der Waals surface area (Å²) in [6.07, 6.45) is -3.20. The zero-order chi connectivity index (χ0) is 18.5. The van der Waals surface area contributed by atoms with E-state index in [2.05, 4.69) is 26.0 Å². The molecule has 0 fully saturated rings. The second-order valence-corrected chi connectivity index (χ2v) is 6.98. The van der Waals surface area contributed by atoms with Crippen LogP contribution in [0.1, 0.15) is 42.8 Å². The van der Waals surface area contributed by atoms with Crippen molar-refractivity contribution in [3.63, 3.8) is 0 Å². The van der Waals surface area contributed by atoms with Gasteiger partial charge < -0.3 is 25.0 Å². The van der Waals surface area contributed by atoms with Crippen LogP contribution in [0.15, 0.2) is 22.7 Å². The van der Waals surface area contributed by atoms with Gasteiger partial charge in [-0.2, -0.15) is 0 Å². The number of carbonyl (C=O) groups excluding carboxylic acids is 2. The van der Waals surface area contributed by atoms with Crippen LogP contribution in [0.2, 0.25) is 0 Å². The molecule has 8 heteroatoms. The van der Waals surface area contributed by atoms with E-state index in [-0.39, 0.29) is 6.54 Å². The van der Waals surface area contributed by atoms with Crippen LogP contribution < -0.4 is 5.32 Å². The Bertz CT molecular complexity index is 599. The van der Waals surface area contributed by atoms with Gasteiger partial charge in [0.05, 0.1) is 12.7 Å². The van der Waals surface area contributed by atoms with Crippen molar-refractivity contribution in [1.82, 2.24) is 5.32 Å². The van der Waals surface area contributed by atoms with E-state index in [9.17, 15) is 19.8 Å². The second-order valence-electron chi connectivity index (χ2n) is 6.12. The van der Waals surface area contributed by atoms with Crippen LogP contribution in [-0.2, 0) is 9.47 Å². The van der Waals surface area contributed by atoms with Crippen molar-refractivity contribution >= 4 is 28.0 Å². The van der Waals surface area contributed by atoms with Gasteiger partial charge in [-0.25, -0.2) is 9.59 Å². The van der Waals surface area contributed by atoms with E-state index in [1.54, 1.807) is 20.8 Å². The summed E-state index contributed by atoms with van der Waals surface area (Å²) in [5.41, 5.74) is 0.0308. The number of benzene rings is 1. The molecule has 1 amide bonds. The number of halogens is 1. The molecular weight excluding hydrogens is 382 g/mol. The molecule has 0 saturated heterocycles. The lowest BCUT2D eigenvalue weighted by atomic mass is 10.0. The summed E-state index contributed by atoms with van der Waals surface area (Å²) in [6.45, 7) is 4.97. The van der Waals surface area contributed by atoms with Crippen LogP contribution in [-0.4, -0.2) is 47.6 Å². The minimum atomic E-state index is -1.26. The minimum absolute atomic E-state index is 0.193. The van der Waals surface area contributed by atoms with E-state index in [1.165, 1.54) is 25.3 Å². The van der Waals surface area contributed by atoms with Gasteiger partial charge in [0.15, 0.2) is 0 Å². The number of aliphatic hydroxyl groups is 2. The molecule has 24 heavy (non-hydrogen) atoms. The summed E-state index contributed by atoms with van der Waals surface area (Å²) in [6, 6.07) is 4.46. The number of hydrogen-bond acceptors (Lipinski definition) is 6. The second kappa shape index (κ2) is 8.46. The number of aliphatic hydroxyl groups excluding tert-OH is 2. The Balaban J connectivity index is 2.70. The molecule has 0 aliphatic heterocycles. The summed E-state index contributed by atoms with van der Waals surface area (Å²) >= 11 is 3.24. The van der Waals surface area contributed by atoms with Crippen molar-refractivity contribution in [3.8, 4) is 0 Å². The first-order valence-corrected chi connectivity index (χ1v) is 8.05. The third kappa shape index (κ3) is 6.10. The largest absolute Gasteiger partial charge is 0.465 e. The highest BCUT2D eigenvalue weighted by Gasteiger charge is 2.23. The molecule has 2 atom stereocenters. The number of methoxy groups -OCH3 is 1. The first-order chi connectivity index (χ1) is 11.0. The quantitative estimate of drug-likeness (QED) is 0.650. The van der Waals surface area contributed by atoms with Gasteiger partial charge in [-0.05, 0) is 38.5 Å². The molecule has 1 aromatic rings. The smallest absolute Gasteiger partial charge is 0.407 e. The SMILES string of the molecule is COC(=O)c1ccc(C(O)C(O)CNC(=O)OC(C)(C)C)c(Br)c1. The highest BCUT2D eigenvalue weighted by Crippen LogP contribution is 2.27. The van der Waals surface area contributed by atoms with Gasteiger partial charge >= 0.3 is 12.1 Å². The zero-order valence-corrected chi connectivity index (χ0v) is 15.6. The third-order valence-electron chi connectivity index (χ3n) is 2.96. The van der Waals surface area contributed by atoms with E-state index >= 15 is 0 Å². The molecule has 0 radical (unpaired) electrons. The first kappa shape index (κ1) is 20.4. The Morgan fingerprint density at radius 3 is 2.42 bits per heavy atom. The zero-order valence-electron chi connectivity index (χ0n) is 14.0. The molecule has 0 bridgehead atoms. The Morgan fingerprint density at radius 1 is 1.29 bits per heavy atom. The van der Waals surface area contributed by atoms with Crippen LogP contribution in [0, 0.1) is 0 Å². The van der Waals surface area contributed by atoms with E-state index in [0.29, 0.717) is 15.6 Å². The normalized spacial score (nSPS) is 13.8. The monoisotopic (exact) mass is 403 g/mol. The minimum Gasteiger partial charge on any atom is -0.465 e. The molecule has 3 N–H and O–H groups in total. The molecule has 1 aromatic carbocycles. The van der Waals surface area contributed by atoms with Crippen molar-refractivity contribution in [3.05, 3.63) is 33.8 Å². The summed E-state index contributed by atoms with van der Waals surface area (Å²) in [5.74, 6) is -0.510. The fraction of sp³-hybridized carbons (Fsp3) is 0.500. The van der Waals surface area contributed by atoms with Crippen molar-refractivity contribution in [2.75, 3.05) is 13.7 Å². The van der Waals surface area contributed by atoms with Crippen molar-refractivity contribution < 1.29 is 29.3 Å². The van der Waals surface area contributed by atoms with E-state index in [0.717, 1.165) is 0 Å². The van der Waals surface area contributed by atoms with E-state index in [4.69, 9.17) is 4.74 Å². The summed E-state index contributed by atoms with van der Waals surface area (Å²) in [7, 11) is 1.27. The van der Waals surface area contributed by atoms with E-state index in [1.807, 2.05) is 0 Å². The molecule has 2 unspecified atom stereocenters. The Labute approximate surface area is 149 Å². The van der Waals surface area contributed by atoms with Gasteiger partial charge in [-0.3, -0.25) is 0 Å². The summed E-state index contributed by atoms with van der Waals surface area (Å²) < 4.78 is 10.1. The Kier molecular flexibility index (Phi) is 7.19. The molecule has 7 nitrogen and oxygen atoms in total. The van der Waals surface area contributed by atoms with Crippen LogP contribution in [0.5, 0.6) is 0 Å². The highest BCUT2D eigenvalue weighted by atomic mass is 79.9. The Hall–Kier alpha value is -1.64. The molecular formula is C16H22BrNO6. The Morgan fingerprint density at radius 2 is 1.92 bits per heavy atom. The van der Waals surface area contributed by atoms with Gasteiger partial charge in [-0.1, -0.05) is 22.0 Å². The van der Waals surface area contributed by atoms with Crippen LogP contribution in [0.25, 0.3) is 0 Å². The molecule has 0 saturated carbocycles. The first-order valence-electron chi connectivity index (χ1n) is 7.26. The highest BCUT2D eigenvalue weighted by molar-refractivity contribution is 9.10. The maximum Gasteiger partial charge on any atom is 0.407 e. The van der Waals surface area contributed by atoms with E-state index < -0.39 is 29.9 Å². The van der Waals surface area contributed by atoms with Gasteiger partial charge in [0.1, 0.15) is 17.8 Å². The number of nitrogens with one attached hydrogen (secondary N) is 1. The molecule has 0 spiro atoms. The maximum atomic E-state index is 11.6. The van der Waals surface area contributed by atoms with Crippen molar-refractivity contribution in [2.24, 2.45) is 0 Å². The molecule has 0 heterocycles. The summed E-state index contributed by atoms with van der Waals surface area (Å²) in [5, 5.41) is 22.6. The molecule has 0 aliphatic rings. The molecule has 0 aliphatic carbocycles. The molecule has 134 valence electrons. The maximum absolute atomic E-state index is 11.6. The number of carbonyl (C=O) groups is 2. The number of esters is 1. The topological polar surface area (TPSA) is 105 Å². The number of rotatable bonds is 5.